The van der Waals surface area contributed by atoms with Crippen LogP contribution in [0.25, 0.3) is 0 Å². The number of nitrogens with one attached hydrogen (secondary N) is 1. The summed E-state index contributed by atoms with van der Waals surface area (Å²) in [5, 5.41) is 5.05. The maximum absolute atomic E-state index is 13.7. The number of ether oxygens (including phenoxy) is 1. The molecule has 1 fully saturated rings. The van der Waals surface area contributed by atoms with E-state index >= 15 is 0 Å². The molecule has 36 heavy (non-hydrogen) atoms. The number of anilines is 1. The molecule has 1 heterocycles. The summed E-state index contributed by atoms with van der Waals surface area (Å²) in [6, 6.07) is 21.3. The standard InChI is InChI=1S/C29H35N3O3S/c1-2-35-27-18-10-9-17-26(27)30-29(34)32(24-14-7-4-8-15-24)22-28(33)31(21-25-16-11-19-36-25)20-23-12-5-3-6-13-23/h3,5-6,9-13,16-19,24H,2,4,7-8,14-15,20-22H2,1H3,(H,30,34). The summed E-state index contributed by atoms with van der Waals surface area (Å²) in [6.45, 7) is 3.50. The lowest BCUT2D eigenvalue weighted by Crippen LogP contribution is -2.49. The molecule has 7 heteroatoms. The van der Waals surface area contributed by atoms with E-state index in [2.05, 4.69) is 5.32 Å². The molecule has 0 spiro atoms. The molecule has 1 aliphatic carbocycles. The summed E-state index contributed by atoms with van der Waals surface area (Å²) in [7, 11) is 0. The van der Waals surface area contributed by atoms with Gasteiger partial charge in [-0.2, -0.15) is 0 Å². The lowest BCUT2D eigenvalue weighted by Gasteiger charge is -2.35. The highest BCUT2D eigenvalue weighted by Crippen LogP contribution is 2.27. The molecule has 1 aromatic heterocycles. The fourth-order valence-corrected chi connectivity index (χ4v) is 5.39. The molecule has 0 saturated heterocycles. The first-order valence-corrected chi connectivity index (χ1v) is 13.7. The van der Waals surface area contributed by atoms with Gasteiger partial charge in [0.15, 0.2) is 0 Å². The Balaban J connectivity index is 1.54. The van der Waals surface area contributed by atoms with Crippen LogP contribution >= 0.6 is 11.3 Å². The minimum absolute atomic E-state index is 0.0438. The second-order valence-corrected chi connectivity index (χ2v) is 10.1. The van der Waals surface area contributed by atoms with Gasteiger partial charge in [-0.25, -0.2) is 4.79 Å². The van der Waals surface area contributed by atoms with E-state index in [0.29, 0.717) is 31.1 Å². The van der Waals surface area contributed by atoms with E-state index in [4.69, 9.17) is 4.74 Å². The quantitative estimate of drug-likeness (QED) is 0.340. The molecule has 190 valence electrons. The Labute approximate surface area is 217 Å². The van der Waals surface area contributed by atoms with Crippen LogP contribution in [0.15, 0.2) is 72.1 Å². The van der Waals surface area contributed by atoms with Gasteiger partial charge in [0.1, 0.15) is 12.3 Å². The zero-order valence-electron chi connectivity index (χ0n) is 20.9. The monoisotopic (exact) mass is 505 g/mol. The fraction of sp³-hybridized carbons (Fsp3) is 0.379. The molecule has 0 unspecified atom stereocenters. The number of para-hydroxylation sites is 2. The molecule has 6 nitrogen and oxygen atoms in total. The van der Waals surface area contributed by atoms with E-state index < -0.39 is 0 Å². The van der Waals surface area contributed by atoms with Crippen molar-refractivity contribution in [3.63, 3.8) is 0 Å². The van der Waals surface area contributed by atoms with Crippen LogP contribution in [0.1, 0.15) is 49.5 Å². The van der Waals surface area contributed by atoms with Crippen LogP contribution in [-0.2, 0) is 17.9 Å². The third-order valence-corrected chi connectivity index (χ3v) is 7.37. The van der Waals surface area contributed by atoms with Crippen molar-refractivity contribution in [2.45, 2.75) is 58.2 Å². The molecule has 1 aliphatic rings. The molecule has 1 saturated carbocycles. The molecular weight excluding hydrogens is 470 g/mol. The van der Waals surface area contributed by atoms with Crippen LogP contribution in [0, 0.1) is 0 Å². The third kappa shape index (κ3) is 7.10. The molecule has 0 aliphatic heterocycles. The topological polar surface area (TPSA) is 61.9 Å². The fourth-order valence-electron chi connectivity index (χ4n) is 4.67. The molecule has 0 radical (unpaired) electrons. The van der Waals surface area contributed by atoms with Crippen molar-refractivity contribution in [1.82, 2.24) is 9.80 Å². The van der Waals surface area contributed by atoms with E-state index in [9.17, 15) is 9.59 Å². The highest BCUT2D eigenvalue weighted by atomic mass is 32.1. The van der Waals surface area contributed by atoms with Crippen LogP contribution in [0.3, 0.4) is 0 Å². The number of urea groups is 1. The van der Waals surface area contributed by atoms with E-state index in [1.165, 1.54) is 6.42 Å². The van der Waals surface area contributed by atoms with E-state index in [1.807, 2.05) is 83.9 Å². The van der Waals surface area contributed by atoms with Gasteiger partial charge >= 0.3 is 6.03 Å². The van der Waals surface area contributed by atoms with Gasteiger partial charge in [-0.1, -0.05) is 67.8 Å². The van der Waals surface area contributed by atoms with Crippen LogP contribution in [-0.4, -0.2) is 40.9 Å². The Morgan fingerprint density at radius 1 is 0.944 bits per heavy atom. The summed E-state index contributed by atoms with van der Waals surface area (Å²) in [4.78, 5) is 32.1. The van der Waals surface area contributed by atoms with Crippen molar-refractivity contribution in [1.29, 1.82) is 0 Å². The molecule has 0 bridgehead atoms. The third-order valence-electron chi connectivity index (χ3n) is 6.51. The molecule has 1 N–H and O–H groups in total. The van der Waals surface area contributed by atoms with Gasteiger partial charge in [-0.3, -0.25) is 4.79 Å². The summed E-state index contributed by atoms with van der Waals surface area (Å²) >= 11 is 1.64. The summed E-state index contributed by atoms with van der Waals surface area (Å²) < 4.78 is 5.70. The van der Waals surface area contributed by atoms with Crippen molar-refractivity contribution in [3.05, 3.63) is 82.6 Å². The normalized spacial score (nSPS) is 13.7. The Morgan fingerprint density at radius 3 is 2.42 bits per heavy atom. The zero-order valence-corrected chi connectivity index (χ0v) is 21.7. The Bertz CT molecular complexity index is 1100. The van der Waals surface area contributed by atoms with Gasteiger partial charge in [0.25, 0.3) is 0 Å². The smallest absolute Gasteiger partial charge is 0.322 e. The van der Waals surface area contributed by atoms with Crippen LogP contribution in [0.2, 0.25) is 0 Å². The first kappa shape index (κ1) is 25.8. The number of hydrogen-bond donors (Lipinski definition) is 1. The predicted octanol–water partition coefficient (Wildman–Crippen LogP) is 6.54. The van der Waals surface area contributed by atoms with Crippen LogP contribution < -0.4 is 10.1 Å². The highest BCUT2D eigenvalue weighted by Gasteiger charge is 2.30. The Hall–Kier alpha value is -3.32. The number of benzene rings is 2. The number of carbonyl (C=O) groups is 2. The molecular formula is C29H35N3O3S. The Kier molecular flexibility index (Phi) is 9.39. The number of thiophene rings is 1. The van der Waals surface area contributed by atoms with Gasteiger partial charge in [-0.05, 0) is 48.9 Å². The number of rotatable bonds is 10. The second kappa shape index (κ2) is 13.1. The van der Waals surface area contributed by atoms with Gasteiger partial charge in [0, 0.05) is 17.5 Å². The molecule has 3 amide bonds. The SMILES string of the molecule is CCOc1ccccc1NC(=O)N(CC(=O)N(Cc1ccccc1)Cc1cccs1)C1CCCCC1. The first-order chi connectivity index (χ1) is 17.6. The first-order valence-electron chi connectivity index (χ1n) is 12.8. The predicted molar refractivity (Wildman–Crippen MR) is 145 cm³/mol. The largest absolute Gasteiger partial charge is 0.492 e. The average molecular weight is 506 g/mol. The van der Waals surface area contributed by atoms with Crippen LogP contribution in [0.4, 0.5) is 10.5 Å². The second-order valence-electron chi connectivity index (χ2n) is 9.09. The van der Waals surface area contributed by atoms with Crippen molar-refractivity contribution in [2.75, 3.05) is 18.5 Å². The average Bonchev–Trinajstić information content (AvgIpc) is 3.42. The van der Waals surface area contributed by atoms with Crippen molar-refractivity contribution in [3.8, 4) is 5.75 Å². The number of hydrogen-bond acceptors (Lipinski definition) is 4. The lowest BCUT2D eigenvalue weighted by molar-refractivity contribution is -0.133. The number of nitrogens with zero attached hydrogens (tertiary/aromatic N) is 2. The lowest BCUT2D eigenvalue weighted by atomic mass is 9.94. The molecule has 4 rings (SSSR count). The Morgan fingerprint density at radius 2 is 1.69 bits per heavy atom. The van der Waals surface area contributed by atoms with Crippen molar-refractivity contribution >= 4 is 29.0 Å². The summed E-state index contributed by atoms with van der Waals surface area (Å²) in [5.74, 6) is 0.581. The van der Waals surface area contributed by atoms with Crippen molar-refractivity contribution in [2.24, 2.45) is 0 Å². The van der Waals surface area contributed by atoms with E-state index in [0.717, 1.165) is 36.1 Å². The van der Waals surface area contributed by atoms with E-state index in [-0.39, 0.29) is 24.5 Å². The highest BCUT2D eigenvalue weighted by molar-refractivity contribution is 7.09. The van der Waals surface area contributed by atoms with Gasteiger partial charge in [0.2, 0.25) is 5.91 Å². The van der Waals surface area contributed by atoms with Crippen LogP contribution in [0.5, 0.6) is 5.75 Å². The molecule has 0 atom stereocenters. The maximum atomic E-state index is 13.7. The minimum atomic E-state index is -0.252. The summed E-state index contributed by atoms with van der Waals surface area (Å²) in [6.07, 6.45) is 5.14. The maximum Gasteiger partial charge on any atom is 0.322 e. The van der Waals surface area contributed by atoms with E-state index in [1.54, 1.807) is 16.2 Å². The van der Waals surface area contributed by atoms with Crippen molar-refractivity contribution < 1.29 is 14.3 Å². The number of amides is 3. The van der Waals surface area contributed by atoms with Gasteiger partial charge in [-0.15, -0.1) is 11.3 Å². The zero-order chi connectivity index (χ0) is 25.2. The van der Waals surface area contributed by atoms with Gasteiger partial charge < -0.3 is 19.9 Å². The molecule has 2 aromatic carbocycles. The van der Waals surface area contributed by atoms with Gasteiger partial charge in [0.05, 0.1) is 18.8 Å². The molecule has 3 aromatic rings. The summed E-state index contributed by atoms with van der Waals surface area (Å²) in [5.41, 5.74) is 1.69. The minimum Gasteiger partial charge on any atom is -0.492 e. The number of carbonyl (C=O) groups excluding carboxylic acids is 2.